The van der Waals surface area contributed by atoms with Gasteiger partial charge in [0.25, 0.3) is 5.56 Å². The number of esters is 1. The third kappa shape index (κ3) is 6.02. The molecule has 0 aliphatic carbocycles. The highest BCUT2D eigenvalue weighted by atomic mass is 79.9. The van der Waals surface area contributed by atoms with E-state index in [9.17, 15) is 9.59 Å². The van der Waals surface area contributed by atoms with Crippen LogP contribution in [0.4, 0.5) is 0 Å². The molecule has 0 aliphatic rings. The standard InChI is InChI=1S/C25H28BrN3O5/c1-5-7-8-23-28-20-11-10-18(26)14-19(20)24(30)29(23)27-15-17-9-12-21(22(13-17)32-4)34-16(3)25(31)33-6-2/h9-16H,5-8H2,1-4H3/t16-/m1/s1. The maximum Gasteiger partial charge on any atom is 0.347 e. The Balaban J connectivity index is 1.95. The van der Waals surface area contributed by atoms with Crippen molar-refractivity contribution < 1.29 is 19.0 Å². The van der Waals surface area contributed by atoms with Gasteiger partial charge in [-0.15, -0.1) is 0 Å². The van der Waals surface area contributed by atoms with E-state index in [1.165, 1.54) is 11.8 Å². The Morgan fingerprint density at radius 2 is 2.00 bits per heavy atom. The van der Waals surface area contributed by atoms with Crippen LogP contribution in [-0.4, -0.2) is 41.7 Å². The highest BCUT2D eigenvalue weighted by molar-refractivity contribution is 9.10. The maximum atomic E-state index is 13.2. The average molecular weight is 530 g/mol. The molecule has 0 fully saturated rings. The summed E-state index contributed by atoms with van der Waals surface area (Å²) in [6.07, 6.45) is 3.29. The normalized spacial score (nSPS) is 12.1. The summed E-state index contributed by atoms with van der Waals surface area (Å²) in [6, 6.07) is 10.6. The van der Waals surface area contributed by atoms with Gasteiger partial charge in [-0.05, 0) is 62.2 Å². The van der Waals surface area contributed by atoms with Crippen molar-refractivity contribution in [1.29, 1.82) is 0 Å². The monoisotopic (exact) mass is 529 g/mol. The molecule has 34 heavy (non-hydrogen) atoms. The third-order valence-electron chi connectivity index (χ3n) is 5.06. The van der Waals surface area contributed by atoms with Crippen molar-refractivity contribution in [3.8, 4) is 11.5 Å². The fourth-order valence-electron chi connectivity index (χ4n) is 3.29. The molecule has 0 saturated heterocycles. The van der Waals surface area contributed by atoms with Crippen LogP contribution in [0.1, 0.15) is 45.0 Å². The summed E-state index contributed by atoms with van der Waals surface area (Å²) in [4.78, 5) is 29.8. The van der Waals surface area contributed by atoms with Crippen molar-refractivity contribution in [2.75, 3.05) is 13.7 Å². The Hall–Kier alpha value is -3.20. The molecule has 0 saturated carbocycles. The molecule has 0 spiro atoms. The van der Waals surface area contributed by atoms with Crippen LogP contribution in [0.5, 0.6) is 11.5 Å². The van der Waals surface area contributed by atoms with Gasteiger partial charge in [-0.25, -0.2) is 9.78 Å². The van der Waals surface area contributed by atoms with Crippen LogP contribution >= 0.6 is 15.9 Å². The van der Waals surface area contributed by atoms with Crippen LogP contribution in [0, 0.1) is 0 Å². The lowest BCUT2D eigenvalue weighted by Crippen LogP contribution is -2.26. The molecular formula is C25H28BrN3O5. The number of fused-ring (bicyclic) bond motifs is 1. The fourth-order valence-corrected chi connectivity index (χ4v) is 3.66. The van der Waals surface area contributed by atoms with E-state index in [4.69, 9.17) is 14.2 Å². The quantitative estimate of drug-likeness (QED) is 0.278. The number of nitrogens with zero attached hydrogens (tertiary/aromatic N) is 3. The van der Waals surface area contributed by atoms with Crippen molar-refractivity contribution >= 4 is 39.0 Å². The molecular weight excluding hydrogens is 502 g/mol. The Bertz CT molecular complexity index is 1260. The summed E-state index contributed by atoms with van der Waals surface area (Å²) in [5, 5.41) is 4.95. The molecule has 2 aromatic carbocycles. The Kier molecular flexibility index (Phi) is 8.81. The predicted molar refractivity (Wildman–Crippen MR) is 135 cm³/mol. The molecule has 0 radical (unpaired) electrons. The van der Waals surface area contributed by atoms with Crippen LogP contribution in [-0.2, 0) is 16.0 Å². The van der Waals surface area contributed by atoms with Gasteiger partial charge < -0.3 is 14.2 Å². The minimum Gasteiger partial charge on any atom is -0.493 e. The second kappa shape index (κ2) is 11.8. The van der Waals surface area contributed by atoms with Gasteiger partial charge in [-0.2, -0.15) is 9.78 Å². The van der Waals surface area contributed by atoms with E-state index in [2.05, 4.69) is 32.9 Å². The lowest BCUT2D eigenvalue weighted by atomic mass is 10.2. The molecule has 0 bridgehead atoms. The number of hydrogen-bond acceptors (Lipinski definition) is 7. The maximum absolute atomic E-state index is 13.2. The first-order valence-corrected chi connectivity index (χ1v) is 11.9. The summed E-state index contributed by atoms with van der Waals surface area (Å²) in [5.74, 6) is 0.982. The minimum absolute atomic E-state index is 0.233. The SMILES string of the molecule is CCCCc1nc2ccc(Br)cc2c(=O)n1N=Cc1ccc(O[C@H](C)C(=O)OCC)c(OC)c1. The smallest absolute Gasteiger partial charge is 0.347 e. The van der Waals surface area contributed by atoms with Crippen LogP contribution in [0.3, 0.4) is 0 Å². The number of unbranched alkanes of at least 4 members (excludes halogenated alkanes) is 1. The fraction of sp³-hybridized carbons (Fsp3) is 0.360. The van der Waals surface area contributed by atoms with E-state index < -0.39 is 12.1 Å². The van der Waals surface area contributed by atoms with E-state index in [0.29, 0.717) is 40.2 Å². The minimum atomic E-state index is -0.781. The second-order valence-corrected chi connectivity index (χ2v) is 8.49. The molecule has 0 aliphatic heterocycles. The average Bonchev–Trinajstić information content (AvgIpc) is 2.83. The van der Waals surface area contributed by atoms with Crippen molar-refractivity contribution in [2.45, 2.75) is 46.1 Å². The highest BCUT2D eigenvalue weighted by Gasteiger charge is 2.18. The summed E-state index contributed by atoms with van der Waals surface area (Å²) >= 11 is 3.42. The summed E-state index contributed by atoms with van der Waals surface area (Å²) < 4.78 is 18.3. The summed E-state index contributed by atoms with van der Waals surface area (Å²) in [5.41, 5.74) is 1.10. The number of carbonyl (C=O) groups excluding carboxylic acids is 1. The van der Waals surface area contributed by atoms with Gasteiger partial charge >= 0.3 is 5.97 Å². The number of carbonyl (C=O) groups is 1. The van der Waals surface area contributed by atoms with E-state index >= 15 is 0 Å². The largest absolute Gasteiger partial charge is 0.493 e. The molecule has 0 unspecified atom stereocenters. The number of aromatic nitrogens is 2. The molecule has 3 rings (SSSR count). The Morgan fingerprint density at radius 3 is 2.71 bits per heavy atom. The van der Waals surface area contributed by atoms with Crippen molar-refractivity contribution in [3.63, 3.8) is 0 Å². The molecule has 1 aromatic heterocycles. The lowest BCUT2D eigenvalue weighted by molar-refractivity contribution is -0.150. The van der Waals surface area contributed by atoms with Crippen molar-refractivity contribution in [3.05, 3.63) is 62.6 Å². The van der Waals surface area contributed by atoms with Gasteiger partial charge in [0.05, 0.1) is 30.8 Å². The van der Waals surface area contributed by atoms with E-state index in [0.717, 1.165) is 17.3 Å². The van der Waals surface area contributed by atoms with Gasteiger partial charge in [0.2, 0.25) is 0 Å². The second-order valence-electron chi connectivity index (χ2n) is 7.58. The van der Waals surface area contributed by atoms with Crippen molar-refractivity contribution in [1.82, 2.24) is 9.66 Å². The molecule has 1 atom stereocenters. The van der Waals surface area contributed by atoms with Gasteiger partial charge in [0.15, 0.2) is 17.6 Å². The van der Waals surface area contributed by atoms with Crippen molar-refractivity contribution in [2.24, 2.45) is 5.10 Å². The molecule has 3 aromatic rings. The Morgan fingerprint density at radius 1 is 1.21 bits per heavy atom. The zero-order chi connectivity index (χ0) is 24.7. The highest BCUT2D eigenvalue weighted by Crippen LogP contribution is 2.28. The molecule has 0 N–H and O–H groups in total. The summed E-state index contributed by atoms with van der Waals surface area (Å²) in [6.45, 7) is 5.71. The molecule has 8 nitrogen and oxygen atoms in total. The number of halogens is 1. The van der Waals surface area contributed by atoms with Crippen LogP contribution in [0.2, 0.25) is 0 Å². The first-order valence-electron chi connectivity index (χ1n) is 11.1. The van der Waals surface area contributed by atoms with Gasteiger partial charge in [0, 0.05) is 10.9 Å². The van der Waals surface area contributed by atoms with Gasteiger partial charge in [-0.1, -0.05) is 29.3 Å². The first-order chi connectivity index (χ1) is 16.4. The van der Waals surface area contributed by atoms with Crippen LogP contribution in [0.15, 0.2) is 50.8 Å². The number of rotatable bonds is 10. The third-order valence-corrected chi connectivity index (χ3v) is 5.55. The zero-order valence-electron chi connectivity index (χ0n) is 19.7. The number of methoxy groups -OCH3 is 1. The first kappa shape index (κ1) is 25.4. The van der Waals surface area contributed by atoms with E-state index in [-0.39, 0.29) is 12.2 Å². The topological polar surface area (TPSA) is 92.0 Å². The summed E-state index contributed by atoms with van der Waals surface area (Å²) in [7, 11) is 1.51. The Labute approximate surface area is 206 Å². The lowest BCUT2D eigenvalue weighted by Gasteiger charge is -2.16. The number of ether oxygens (including phenoxy) is 3. The van der Waals surface area contributed by atoms with Crippen LogP contribution < -0.4 is 15.0 Å². The molecule has 180 valence electrons. The van der Waals surface area contributed by atoms with Gasteiger partial charge in [0.1, 0.15) is 5.82 Å². The predicted octanol–water partition coefficient (Wildman–Crippen LogP) is 4.72. The van der Waals surface area contributed by atoms with Crippen LogP contribution in [0.25, 0.3) is 10.9 Å². The van der Waals surface area contributed by atoms with E-state index in [1.807, 2.05) is 12.1 Å². The zero-order valence-corrected chi connectivity index (χ0v) is 21.3. The molecule has 0 amide bonds. The molecule has 9 heteroatoms. The van der Waals surface area contributed by atoms with Gasteiger partial charge in [-0.3, -0.25) is 4.79 Å². The van der Waals surface area contributed by atoms with E-state index in [1.54, 1.807) is 44.3 Å². The number of hydrogen-bond donors (Lipinski definition) is 0. The molecule has 1 heterocycles. The number of benzene rings is 2. The number of aryl methyl sites for hydroxylation is 1.